The number of hydrogen-bond acceptors (Lipinski definition) is 8. The number of hydrazine groups is 1. The van der Waals surface area contributed by atoms with Gasteiger partial charge in [0.1, 0.15) is 0 Å². The van der Waals surface area contributed by atoms with Crippen LogP contribution >= 0.6 is 0 Å². The Labute approximate surface area is 138 Å². The van der Waals surface area contributed by atoms with Crippen LogP contribution in [0.5, 0.6) is 0 Å². The standard InChI is InChI=1S/C13H16N2O8S/c1-4-23-13(18)14-15-24(19,20)10-7-8(11(16)21-2)5-6-9(10)12(17)22-3/h5-7,15H,4H2,1-3H3,(H,14,18). The van der Waals surface area contributed by atoms with Gasteiger partial charge in [0.25, 0.3) is 10.0 Å². The average Bonchev–Trinajstić information content (AvgIpc) is 2.58. The van der Waals surface area contributed by atoms with Gasteiger partial charge in [-0.25, -0.2) is 28.2 Å². The lowest BCUT2D eigenvalue weighted by Gasteiger charge is -2.12. The third-order valence-electron chi connectivity index (χ3n) is 2.66. The molecular weight excluding hydrogens is 344 g/mol. The summed E-state index contributed by atoms with van der Waals surface area (Å²) in [5.74, 6) is -1.75. The number of esters is 2. The molecule has 132 valence electrons. The van der Waals surface area contributed by atoms with Gasteiger partial charge in [0.15, 0.2) is 0 Å². The lowest BCUT2D eigenvalue weighted by molar-refractivity contribution is 0.0583. The first-order valence-corrected chi connectivity index (χ1v) is 8.00. The molecule has 2 N–H and O–H groups in total. The molecule has 0 atom stereocenters. The van der Waals surface area contributed by atoms with Crippen molar-refractivity contribution in [2.24, 2.45) is 0 Å². The van der Waals surface area contributed by atoms with Gasteiger partial charge in [-0.2, -0.15) is 0 Å². The van der Waals surface area contributed by atoms with Crippen LogP contribution in [-0.4, -0.2) is 47.3 Å². The van der Waals surface area contributed by atoms with E-state index in [4.69, 9.17) is 0 Å². The summed E-state index contributed by atoms with van der Waals surface area (Å²) in [6.45, 7) is 1.56. The number of hydrogen-bond donors (Lipinski definition) is 2. The summed E-state index contributed by atoms with van der Waals surface area (Å²) < 4.78 is 38.1. The summed E-state index contributed by atoms with van der Waals surface area (Å²) in [5.41, 5.74) is 1.36. The van der Waals surface area contributed by atoms with Crippen LogP contribution in [0.2, 0.25) is 0 Å². The molecule has 0 fully saturated rings. The van der Waals surface area contributed by atoms with E-state index in [1.54, 1.807) is 10.3 Å². The van der Waals surface area contributed by atoms with E-state index in [0.29, 0.717) is 0 Å². The molecule has 1 aromatic rings. The first-order valence-electron chi connectivity index (χ1n) is 6.52. The number of amides is 1. The average molecular weight is 360 g/mol. The van der Waals surface area contributed by atoms with E-state index in [0.717, 1.165) is 26.4 Å². The highest BCUT2D eigenvalue weighted by Gasteiger charge is 2.25. The Morgan fingerprint density at radius 1 is 1.08 bits per heavy atom. The van der Waals surface area contributed by atoms with Gasteiger partial charge in [0, 0.05) is 0 Å². The zero-order chi connectivity index (χ0) is 18.3. The van der Waals surface area contributed by atoms with Crippen LogP contribution < -0.4 is 10.3 Å². The van der Waals surface area contributed by atoms with E-state index in [1.807, 2.05) is 0 Å². The molecule has 0 bridgehead atoms. The fourth-order valence-electron chi connectivity index (χ4n) is 1.60. The van der Waals surface area contributed by atoms with Crippen molar-refractivity contribution in [1.29, 1.82) is 0 Å². The van der Waals surface area contributed by atoms with Crippen LogP contribution in [0.4, 0.5) is 4.79 Å². The number of rotatable bonds is 6. The second-order valence-electron chi connectivity index (χ2n) is 4.15. The van der Waals surface area contributed by atoms with Crippen LogP contribution in [0.15, 0.2) is 23.1 Å². The van der Waals surface area contributed by atoms with Crippen LogP contribution in [0, 0.1) is 0 Å². The minimum absolute atomic E-state index is 0.0266. The Morgan fingerprint density at radius 2 is 1.71 bits per heavy atom. The van der Waals surface area contributed by atoms with Gasteiger partial charge in [-0.1, -0.05) is 0 Å². The quantitative estimate of drug-likeness (QED) is 0.417. The lowest BCUT2D eigenvalue weighted by atomic mass is 10.1. The third kappa shape index (κ3) is 4.67. The number of ether oxygens (including phenoxy) is 3. The van der Waals surface area contributed by atoms with Crippen molar-refractivity contribution in [2.45, 2.75) is 11.8 Å². The highest BCUT2D eigenvalue weighted by atomic mass is 32.2. The van der Waals surface area contributed by atoms with Crippen LogP contribution in [0.1, 0.15) is 27.6 Å². The van der Waals surface area contributed by atoms with E-state index in [2.05, 4.69) is 14.2 Å². The van der Waals surface area contributed by atoms with Gasteiger partial charge >= 0.3 is 18.0 Å². The largest absolute Gasteiger partial charge is 0.465 e. The highest BCUT2D eigenvalue weighted by Crippen LogP contribution is 2.19. The molecule has 10 nitrogen and oxygen atoms in total. The maximum atomic E-state index is 12.3. The zero-order valence-electron chi connectivity index (χ0n) is 13.1. The Balaban J connectivity index is 3.27. The van der Waals surface area contributed by atoms with Gasteiger partial charge in [-0.05, 0) is 25.1 Å². The summed E-state index contributed by atoms with van der Waals surface area (Å²) in [6, 6.07) is 3.22. The molecule has 0 saturated heterocycles. The SMILES string of the molecule is CCOC(=O)NNS(=O)(=O)c1cc(C(=O)OC)ccc1C(=O)OC. The topological polar surface area (TPSA) is 137 Å². The lowest BCUT2D eigenvalue weighted by Crippen LogP contribution is -2.42. The van der Waals surface area contributed by atoms with Crippen molar-refractivity contribution in [2.75, 3.05) is 20.8 Å². The number of carbonyl (C=O) groups is 3. The molecule has 0 unspecified atom stereocenters. The Morgan fingerprint density at radius 3 is 2.25 bits per heavy atom. The van der Waals surface area contributed by atoms with E-state index < -0.39 is 33.0 Å². The Hall–Kier alpha value is -2.66. The Kier molecular flexibility index (Phi) is 6.68. The molecule has 0 radical (unpaired) electrons. The molecule has 0 aromatic heterocycles. The van der Waals surface area contributed by atoms with Crippen molar-refractivity contribution in [1.82, 2.24) is 10.3 Å². The number of sulfonamides is 1. The van der Waals surface area contributed by atoms with Crippen LogP contribution in [0.3, 0.4) is 0 Å². The minimum Gasteiger partial charge on any atom is -0.465 e. The maximum Gasteiger partial charge on any atom is 0.422 e. The van der Waals surface area contributed by atoms with Gasteiger partial charge in [-0.3, -0.25) is 0 Å². The monoisotopic (exact) mass is 360 g/mol. The second-order valence-corrected chi connectivity index (χ2v) is 5.80. The number of benzene rings is 1. The first-order chi connectivity index (χ1) is 11.3. The normalized spacial score (nSPS) is 10.6. The van der Waals surface area contributed by atoms with E-state index in [1.165, 1.54) is 13.0 Å². The molecule has 0 aliphatic rings. The molecule has 11 heteroatoms. The van der Waals surface area contributed by atoms with Gasteiger partial charge in [0.2, 0.25) is 0 Å². The van der Waals surface area contributed by atoms with Crippen molar-refractivity contribution in [3.63, 3.8) is 0 Å². The molecule has 0 heterocycles. The van der Waals surface area contributed by atoms with Crippen molar-refractivity contribution >= 4 is 28.1 Å². The predicted molar refractivity (Wildman–Crippen MR) is 79.6 cm³/mol. The molecule has 1 aromatic carbocycles. The molecule has 1 amide bonds. The maximum absolute atomic E-state index is 12.3. The molecule has 24 heavy (non-hydrogen) atoms. The van der Waals surface area contributed by atoms with Gasteiger partial charge < -0.3 is 14.2 Å². The number of methoxy groups -OCH3 is 2. The molecule has 1 rings (SSSR count). The van der Waals surface area contributed by atoms with Crippen molar-refractivity contribution in [3.8, 4) is 0 Å². The fourth-order valence-corrected chi connectivity index (χ4v) is 2.65. The molecule has 0 aliphatic heterocycles. The molecule has 0 saturated carbocycles. The van der Waals surface area contributed by atoms with E-state index in [9.17, 15) is 22.8 Å². The molecular formula is C13H16N2O8S. The molecule has 0 spiro atoms. The van der Waals surface area contributed by atoms with Gasteiger partial charge in [0.05, 0.1) is 36.8 Å². The first kappa shape index (κ1) is 19.4. The molecule has 0 aliphatic carbocycles. The van der Waals surface area contributed by atoms with Crippen molar-refractivity contribution < 1.29 is 37.0 Å². The summed E-state index contributed by atoms with van der Waals surface area (Å²) in [7, 11) is -2.21. The second kappa shape index (κ2) is 8.26. The zero-order valence-corrected chi connectivity index (χ0v) is 13.9. The predicted octanol–water partition coefficient (Wildman–Crippen LogP) is 0.199. The third-order valence-corrected chi connectivity index (χ3v) is 3.95. The van der Waals surface area contributed by atoms with E-state index >= 15 is 0 Å². The van der Waals surface area contributed by atoms with Crippen LogP contribution in [0.25, 0.3) is 0 Å². The van der Waals surface area contributed by atoms with Crippen molar-refractivity contribution in [3.05, 3.63) is 29.3 Å². The van der Waals surface area contributed by atoms with Gasteiger partial charge in [-0.15, -0.1) is 4.83 Å². The Bertz CT molecular complexity index is 744. The number of carbonyl (C=O) groups excluding carboxylic acids is 3. The smallest absolute Gasteiger partial charge is 0.422 e. The minimum atomic E-state index is -4.39. The number of nitrogens with one attached hydrogen (secondary N) is 2. The summed E-state index contributed by atoms with van der Waals surface area (Å²) in [5, 5.41) is 0. The van der Waals surface area contributed by atoms with Crippen LogP contribution in [-0.2, 0) is 24.2 Å². The summed E-state index contributed by atoms with van der Waals surface area (Å²) in [6.07, 6.45) is -1.04. The highest BCUT2D eigenvalue weighted by molar-refractivity contribution is 7.89. The summed E-state index contributed by atoms with van der Waals surface area (Å²) in [4.78, 5) is 35.6. The fraction of sp³-hybridized carbons (Fsp3) is 0.308. The van der Waals surface area contributed by atoms with E-state index in [-0.39, 0.29) is 17.7 Å². The summed E-state index contributed by atoms with van der Waals surface area (Å²) >= 11 is 0.